The number of benzene rings is 2. The van der Waals surface area contributed by atoms with Crippen LogP contribution in [0.2, 0.25) is 0 Å². The Balaban J connectivity index is 1.38. The van der Waals surface area contributed by atoms with Crippen LogP contribution >= 0.6 is 0 Å². The van der Waals surface area contributed by atoms with Crippen molar-refractivity contribution in [3.63, 3.8) is 0 Å². The van der Waals surface area contributed by atoms with Gasteiger partial charge < -0.3 is 9.80 Å². The molecule has 150 valence electrons. The smallest absolute Gasteiger partial charge is 0.257 e. The molecule has 0 saturated carbocycles. The second-order valence-corrected chi connectivity index (χ2v) is 7.53. The van der Waals surface area contributed by atoms with E-state index in [0.29, 0.717) is 18.7 Å². The third-order valence-corrected chi connectivity index (χ3v) is 5.77. The molecule has 0 atom stereocenters. The lowest BCUT2D eigenvalue weighted by Crippen LogP contribution is -2.49. The number of hydrogen-bond acceptors (Lipinski definition) is 4. The van der Waals surface area contributed by atoms with Gasteiger partial charge in [0.2, 0.25) is 0 Å². The number of carbonyl (C=O) groups is 1. The normalized spacial score (nSPS) is 14.3. The molecular formula is C24H23N5O. The second-order valence-electron chi connectivity index (χ2n) is 7.53. The van der Waals surface area contributed by atoms with Gasteiger partial charge in [-0.2, -0.15) is 5.10 Å². The number of carbonyl (C=O) groups excluding carboxylic acids is 1. The molecule has 1 aliphatic rings. The van der Waals surface area contributed by atoms with Gasteiger partial charge in [-0.15, -0.1) is 0 Å². The Hall–Kier alpha value is -3.67. The van der Waals surface area contributed by atoms with Crippen LogP contribution in [0.1, 0.15) is 16.1 Å². The van der Waals surface area contributed by atoms with Crippen LogP contribution in [-0.2, 0) is 0 Å². The van der Waals surface area contributed by atoms with Crippen molar-refractivity contribution in [3.8, 4) is 11.1 Å². The predicted octanol–water partition coefficient (Wildman–Crippen LogP) is 3.67. The van der Waals surface area contributed by atoms with Gasteiger partial charge in [-0.3, -0.25) is 4.79 Å². The molecule has 4 aromatic rings. The van der Waals surface area contributed by atoms with Crippen LogP contribution in [0.5, 0.6) is 0 Å². The molecule has 1 fully saturated rings. The minimum atomic E-state index is 0.0198. The molecule has 1 amide bonds. The Morgan fingerprint density at radius 3 is 2.23 bits per heavy atom. The number of fused-ring (bicyclic) bond motifs is 1. The zero-order valence-corrected chi connectivity index (χ0v) is 16.9. The number of para-hydroxylation sites is 1. The summed E-state index contributed by atoms with van der Waals surface area (Å²) in [7, 11) is 0. The fraction of sp³-hybridized carbons (Fsp3) is 0.208. The van der Waals surface area contributed by atoms with E-state index in [9.17, 15) is 4.79 Å². The summed E-state index contributed by atoms with van der Waals surface area (Å²) in [5.74, 6) is 0.0198. The van der Waals surface area contributed by atoms with E-state index in [1.165, 1.54) is 5.69 Å². The summed E-state index contributed by atoms with van der Waals surface area (Å²) in [4.78, 5) is 22.0. The number of aromatic nitrogens is 3. The fourth-order valence-corrected chi connectivity index (χ4v) is 4.05. The largest absolute Gasteiger partial charge is 0.368 e. The number of amides is 1. The second kappa shape index (κ2) is 7.63. The summed E-state index contributed by atoms with van der Waals surface area (Å²) in [6.45, 7) is 4.97. The van der Waals surface area contributed by atoms with E-state index < -0.39 is 0 Å². The molecule has 0 radical (unpaired) electrons. The lowest BCUT2D eigenvalue weighted by molar-refractivity contribution is 0.0745. The first kappa shape index (κ1) is 18.4. The van der Waals surface area contributed by atoms with Gasteiger partial charge in [0, 0.05) is 43.6 Å². The summed E-state index contributed by atoms with van der Waals surface area (Å²) in [5, 5.41) is 4.51. The number of hydrogen-bond donors (Lipinski definition) is 0. The maximum Gasteiger partial charge on any atom is 0.257 e. The first-order chi connectivity index (χ1) is 14.7. The quantitative estimate of drug-likeness (QED) is 0.529. The van der Waals surface area contributed by atoms with Crippen LogP contribution in [0.4, 0.5) is 5.69 Å². The van der Waals surface area contributed by atoms with Gasteiger partial charge in [-0.1, -0.05) is 48.5 Å². The minimum absolute atomic E-state index is 0.0198. The lowest BCUT2D eigenvalue weighted by Gasteiger charge is -2.36. The van der Waals surface area contributed by atoms with Crippen LogP contribution in [0.15, 0.2) is 73.1 Å². The molecule has 0 spiro atoms. The van der Waals surface area contributed by atoms with E-state index in [4.69, 9.17) is 0 Å². The summed E-state index contributed by atoms with van der Waals surface area (Å²) in [6, 6.07) is 20.4. The van der Waals surface area contributed by atoms with Gasteiger partial charge in [-0.25, -0.2) is 9.50 Å². The van der Waals surface area contributed by atoms with Crippen molar-refractivity contribution in [1.29, 1.82) is 0 Å². The predicted molar refractivity (Wildman–Crippen MR) is 118 cm³/mol. The van der Waals surface area contributed by atoms with Gasteiger partial charge in [0.05, 0.1) is 17.5 Å². The average Bonchev–Trinajstić information content (AvgIpc) is 3.25. The standard InChI is InChI=1S/C24H23N5O/c1-18-21(16-25-23-22(17-26-29(18)23)19-8-4-2-5-9-19)24(30)28-14-12-27(13-15-28)20-10-6-3-7-11-20/h2-11,16-17H,12-15H2,1H3. The molecule has 1 aliphatic heterocycles. The van der Waals surface area contributed by atoms with Crippen LogP contribution in [0.25, 0.3) is 16.8 Å². The van der Waals surface area contributed by atoms with E-state index in [2.05, 4.69) is 27.1 Å². The number of anilines is 1. The number of aryl methyl sites for hydroxylation is 1. The summed E-state index contributed by atoms with van der Waals surface area (Å²) in [5.41, 5.74) is 5.43. The highest BCUT2D eigenvalue weighted by Gasteiger charge is 2.25. The minimum Gasteiger partial charge on any atom is -0.368 e. The number of piperazine rings is 1. The van der Waals surface area contributed by atoms with Crippen molar-refractivity contribution in [1.82, 2.24) is 19.5 Å². The van der Waals surface area contributed by atoms with Gasteiger partial charge in [0.15, 0.2) is 5.65 Å². The molecule has 2 aromatic heterocycles. The van der Waals surface area contributed by atoms with Crippen molar-refractivity contribution in [2.75, 3.05) is 31.1 Å². The first-order valence-corrected chi connectivity index (χ1v) is 10.2. The molecule has 30 heavy (non-hydrogen) atoms. The molecule has 0 N–H and O–H groups in total. The zero-order valence-electron chi connectivity index (χ0n) is 16.9. The first-order valence-electron chi connectivity index (χ1n) is 10.2. The van der Waals surface area contributed by atoms with Crippen molar-refractivity contribution in [3.05, 3.63) is 84.3 Å². The Morgan fingerprint density at radius 1 is 0.867 bits per heavy atom. The maximum atomic E-state index is 13.2. The molecule has 3 heterocycles. The van der Waals surface area contributed by atoms with Gasteiger partial charge >= 0.3 is 0 Å². The van der Waals surface area contributed by atoms with E-state index in [-0.39, 0.29) is 5.91 Å². The van der Waals surface area contributed by atoms with E-state index >= 15 is 0 Å². The highest BCUT2D eigenvalue weighted by Crippen LogP contribution is 2.25. The van der Waals surface area contributed by atoms with Crippen molar-refractivity contribution in [2.45, 2.75) is 6.92 Å². The van der Waals surface area contributed by atoms with Crippen molar-refractivity contribution < 1.29 is 4.79 Å². The van der Waals surface area contributed by atoms with E-state index in [0.717, 1.165) is 35.6 Å². The Bertz CT molecular complexity index is 1180. The molecular weight excluding hydrogens is 374 g/mol. The van der Waals surface area contributed by atoms with E-state index in [1.807, 2.05) is 66.6 Å². The molecule has 0 aliphatic carbocycles. The van der Waals surface area contributed by atoms with Crippen LogP contribution in [0, 0.1) is 6.92 Å². The van der Waals surface area contributed by atoms with Gasteiger partial charge in [-0.05, 0) is 24.6 Å². The highest BCUT2D eigenvalue weighted by atomic mass is 16.2. The van der Waals surface area contributed by atoms with E-state index in [1.54, 1.807) is 10.7 Å². The summed E-state index contributed by atoms with van der Waals surface area (Å²) >= 11 is 0. The van der Waals surface area contributed by atoms with Crippen LogP contribution in [0.3, 0.4) is 0 Å². The monoisotopic (exact) mass is 397 g/mol. The Morgan fingerprint density at radius 2 is 1.53 bits per heavy atom. The SMILES string of the molecule is Cc1c(C(=O)N2CCN(c3ccccc3)CC2)cnc2c(-c3ccccc3)cnn12. The van der Waals surface area contributed by atoms with Gasteiger partial charge in [0.1, 0.15) is 0 Å². The maximum absolute atomic E-state index is 13.2. The zero-order chi connectivity index (χ0) is 20.5. The molecule has 0 bridgehead atoms. The molecule has 6 nitrogen and oxygen atoms in total. The Labute approximate surface area is 175 Å². The number of nitrogens with zero attached hydrogens (tertiary/aromatic N) is 5. The van der Waals surface area contributed by atoms with Crippen LogP contribution in [-0.4, -0.2) is 51.6 Å². The highest BCUT2D eigenvalue weighted by molar-refractivity contribution is 5.95. The Kier molecular flexibility index (Phi) is 4.67. The average molecular weight is 397 g/mol. The molecule has 2 aromatic carbocycles. The van der Waals surface area contributed by atoms with Crippen molar-refractivity contribution in [2.24, 2.45) is 0 Å². The summed E-state index contributed by atoms with van der Waals surface area (Å²) < 4.78 is 1.77. The lowest BCUT2D eigenvalue weighted by atomic mass is 10.1. The molecule has 6 heteroatoms. The third-order valence-electron chi connectivity index (χ3n) is 5.77. The van der Waals surface area contributed by atoms with Crippen molar-refractivity contribution >= 4 is 17.2 Å². The fourth-order valence-electron chi connectivity index (χ4n) is 4.05. The number of rotatable bonds is 3. The molecule has 0 unspecified atom stereocenters. The summed E-state index contributed by atoms with van der Waals surface area (Å²) in [6.07, 6.45) is 3.52. The molecule has 5 rings (SSSR count). The topological polar surface area (TPSA) is 53.7 Å². The van der Waals surface area contributed by atoms with Crippen LogP contribution < -0.4 is 4.90 Å². The third kappa shape index (κ3) is 3.20. The molecule has 1 saturated heterocycles. The van der Waals surface area contributed by atoms with Gasteiger partial charge in [0.25, 0.3) is 5.91 Å².